The third-order valence-electron chi connectivity index (χ3n) is 2.76. The lowest BCUT2D eigenvalue weighted by Gasteiger charge is -2.20. The van der Waals surface area contributed by atoms with Gasteiger partial charge in [-0.2, -0.15) is 0 Å². The summed E-state index contributed by atoms with van der Waals surface area (Å²) in [5.74, 6) is 0.777. The van der Waals surface area contributed by atoms with Gasteiger partial charge in [-0.1, -0.05) is 13.8 Å². The van der Waals surface area contributed by atoms with Crippen LogP contribution in [0, 0.1) is 5.92 Å². The summed E-state index contributed by atoms with van der Waals surface area (Å²) in [6, 6.07) is 1.94. The second-order valence-electron chi connectivity index (χ2n) is 4.48. The van der Waals surface area contributed by atoms with E-state index in [0.717, 1.165) is 0 Å². The minimum absolute atomic E-state index is 0.252. The van der Waals surface area contributed by atoms with E-state index in [1.165, 1.54) is 13.4 Å². The number of methoxy groups -OCH3 is 2. The van der Waals surface area contributed by atoms with Crippen LogP contribution in [0.3, 0.4) is 0 Å². The van der Waals surface area contributed by atoms with Crippen molar-refractivity contribution in [3.8, 4) is 0 Å². The quantitative estimate of drug-likeness (QED) is 0.753. The molecule has 0 saturated heterocycles. The molecule has 1 atom stereocenters. The fourth-order valence-corrected chi connectivity index (χ4v) is 1.60. The van der Waals surface area contributed by atoms with Crippen molar-refractivity contribution in [3.63, 3.8) is 0 Å². The molecule has 18 heavy (non-hydrogen) atoms. The average Bonchev–Trinajstić information content (AvgIpc) is 2.81. The Morgan fingerprint density at radius 3 is 2.72 bits per heavy atom. The molecule has 0 radical (unpaired) electrons. The minimum atomic E-state index is -0.387. The Balaban J connectivity index is 2.52. The summed E-state index contributed by atoms with van der Waals surface area (Å²) in [5, 5.41) is 3.34. The van der Waals surface area contributed by atoms with Crippen LogP contribution in [0.15, 0.2) is 16.7 Å². The van der Waals surface area contributed by atoms with E-state index in [-0.39, 0.29) is 12.0 Å². The van der Waals surface area contributed by atoms with Crippen LogP contribution in [0.2, 0.25) is 0 Å². The maximum atomic E-state index is 11.3. The summed E-state index contributed by atoms with van der Waals surface area (Å²) in [5.41, 5.74) is 0.433. The molecule has 0 aliphatic rings. The maximum absolute atomic E-state index is 11.3. The Morgan fingerprint density at radius 1 is 1.44 bits per heavy atom. The van der Waals surface area contributed by atoms with Crippen molar-refractivity contribution in [2.24, 2.45) is 5.92 Å². The van der Waals surface area contributed by atoms with Gasteiger partial charge >= 0.3 is 5.97 Å². The lowest BCUT2D eigenvalue weighted by molar-refractivity contribution is 0.0600. The predicted molar refractivity (Wildman–Crippen MR) is 67.4 cm³/mol. The molecule has 1 aromatic rings. The molecule has 102 valence electrons. The number of ether oxygens (including phenoxy) is 2. The first-order valence-corrected chi connectivity index (χ1v) is 5.96. The summed E-state index contributed by atoms with van der Waals surface area (Å²) in [7, 11) is 3.03. The maximum Gasteiger partial charge on any atom is 0.341 e. The molecule has 1 unspecified atom stereocenters. The van der Waals surface area contributed by atoms with Crippen molar-refractivity contribution in [3.05, 3.63) is 23.7 Å². The second-order valence-corrected chi connectivity index (χ2v) is 4.48. The minimum Gasteiger partial charge on any atom is -0.467 e. The van der Waals surface area contributed by atoms with Gasteiger partial charge in [0.2, 0.25) is 0 Å². The van der Waals surface area contributed by atoms with E-state index in [1.807, 2.05) is 0 Å². The van der Waals surface area contributed by atoms with E-state index in [0.29, 0.717) is 30.4 Å². The Kier molecular flexibility index (Phi) is 5.88. The van der Waals surface area contributed by atoms with E-state index in [4.69, 9.17) is 9.15 Å². The van der Waals surface area contributed by atoms with Gasteiger partial charge in [-0.05, 0) is 12.0 Å². The molecule has 1 rings (SSSR count). The third kappa shape index (κ3) is 4.16. The van der Waals surface area contributed by atoms with Crippen molar-refractivity contribution in [2.75, 3.05) is 20.8 Å². The number of furan rings is 1. The summed E-state index contributed by atoms with van der Waals surface area (Å²) in [6.07, 6.45) is 1.41. The topological polar surface area (TPSA) is 60.7 Å². The largest absolute Gasteiger partial charge is 0.467 e. The Bertz CT molecular complexity index is 373. The molecule has 0 aromatic carbocycles. The highest BCUT2D eigenvalue weighted by atomic mass is 16.5. The lowest BCUT2D eigenvalue weighted by atomic mass is 10.1. The Labute approximate surface area is 107 Å². The fourth-order valence-electron chi connectivity index (χ4n) is 1.60. The summed E-state index contributed by atoms with van der Waals surface area (Å²) < 4.78 is 15.1. The van der Waals surface area contributed by atoms with Crippen molar-refractivity contribution in [2.45, 2.75) is 26.4 Å². The number of hydrogen-bond donors (Lipinski definition) is 1. The van der Waals surface area contributed by atoms with Crippen LogP contribution in [0.1, 0.15) is 30.0 Å². The first-order chi connectivity index (χ1) is 8.58. The molecular weight excluding hydrogens is 234 g/mol. The standard InChI is InChI=1S/C13H21NO4/c1-9(2)12(8-16-3)14-6-11-5-10(7-18-11)13(15)17-4/h5,7,9,12,14H,6,8H2,1-4H3. The molecule has 0 spiro atoms. The lowest BCUT2D eigenvalue weighted by Crippen LogP contribution is -2.37. The summed E-state index contributed by atoms with van der Waals surface area (Å²) >= 11 is 0. The normalized spacial score (nSPS) is 12.7. The Morgan fingerprint density at radius 2 is 2.17 bits per heavy atom. The van der Waals surface area contributed by atoms with E-state index in [2.05, 4.69) is 23.9 Å². The van der Waals surface area contributed by atoms with E-state index in [1.54, 1.807) is 13.2 Å². The third-order valence-corrected chi connectivity index (χ3v) is 2.76. The molecule has 5 heteroatoms. The molecule has 0 saturated carbocycles. The SMILES string of the molecule is COCC(NCc1cc(C(=O)OC)co1)C(C)C. The summed E-state index contributed by atoms with van der Waals surface area (Å²) in [6.45, 7) is 5.45. The fraction of sp³-hybridized carbons (Fsp3) is 0.615. The molecule has 1 N–H and O–H groups in total. The van der Waals surface area contributed by atoms with Gasteiger partial charge in [0, 0.05) is 13.2 Å². The number of rotatable bonds is 7. The van der Waals surface area contributed by atoms with E-state index >= 15 is 0 Å². The van der Waals surface area contributed by atoms with Crippen LogP contribution in [0.4, 0.5) is 0 Å². The molecule has 0 amide bonds. The van der Waals surface area contributed by atoms with Gasteiger partial charge in [-0.15, -0.1) is 0 Å². The van der Waals surface area contributed by atoms with Crippen LogP contribution >= 0.6 is 0 Å². The van der Waals surface area contributed by atoms with Crippen molar-refractivity contribution in [1.29, 1.82) is 0 Å². The zero-order valence-corrected chi connectivity index (χ0v) is 11.4. The molecule has 0 aliphatic heterocycles. The van der Waals surface area contributed by atoms with Crippen LogP contribution in [-0.4, -0.2) is 32.8 Å². The first-order valence-electron chi connectivity index (χ1n) is 5.96. The van der Waals surface area contributed by atoms with Gasteiger partial charge in [-0.25, -0.2) is 4.79 Å². The first kappa shape index (κ1) is 14.7. The molecule has 0 bridgehead atoms. The van der Waals surface area contributed by atoms with Crippen molar-refractivity contribution in [1.82, 2.24) is 5.32 Å². The number of nitrogens with one attached hydrogen (secondary N) is 1. The zero-order chi connectivity index (χ0) is 13.5. The number of carbonyl (C=O) groups excluding carboxylic acids is 1. The van der Waals surface area contributed by atoms with Gasteiger partial charge in [-0.3, -0.25) is 0 Å². The molecule has 1 heterocycles. The van der Waals surface area contributed by atoms with Crippen LogP contribution < -0.4 is 5.32 Å². The van der Waals surface area contributed by atoms with Crippen LogP contribution in [-0.2, 0) is 16.0 Å². The monoisotopic (exact) mass is 255 g/mol. The molecule has 0 fully saturated rings. The van der Waals surface area contributed by atoms with Crippen LogP contribution in [0.25, 0.3) is 0 Å². The molecule has 0 aliphatic carbocycles. The predicted octanol–water partition coefficient (Wildman–Crippen LogP) is 1.83. The zero-order valence-electron chi connectivity index (χ0n) is 11.4. The van der Waals surface area contributed by atoms with Gasteiger partial charge in [0.05, 0.1) is 25.8 Å². The Hall–Kier alpha value is -1.33. The second kappa shape index (κ2) is 7.18. The average molecular weight is 255 g/mol. The molecule has 1 aromatic heterocycles. The van der Waals surface area contributed by atoms with Gasteiger partial charge in [0.15, 0.2) is 0 Å². The van der Waals surface area contributed by atoms with Gasteiger partial charge in [0.25, 0.3) is 0 Å². The highest BCUT2D eigenvalue weighted by molar-refractivity contribution is 5.88. The molecular formula is C13H21NO4. The summed E-state index contributed by atoms with van der Waals surface area (Å²) in [4.78, 5) is 11.3. The number of hydrogen-bond acceptors (Lipinski definition) is 5. The smallest absolute Gasteiger partial charge is 0.341 e. The van der Waals surface area contributed by atoms with Crippen LogP contribution in [0.5, 0.6) is 0 Å². The van der Waals surface area contributed by atoms with Crippen molar-refractivity contribution >= 4 is 5.97 Å². The number of carbonyl (C=O) groups is 1. The van der Waals surface area contributed by atoms with Crippen molar-refractivity contribution < 1.29 is 18.7 Å². The highest BCUT2D eigenvalue weighted by Gasteiger charge is 2.14. The highest BCUT2D eigenvalue weighted by Crippen LogP contribution is 2.10. The van der Waals surface area contributed by atoms with Gasteiger partial charge in [0.1, 0.15) is 12.0 Å². The van der Waals surface area contributed by atoms with Gasteiger partial charge < -0.3 is 19.2 Å². The van der Waals surface area contributed by atoms with E-state index < -0.39 is 0 Å². The molecule has 5 nitrogen and oxygen atoms in total. The number of esters is 1. The van der Waals surface area contributed by atoms with E-state index in [9.17, 15) is 4.79 Å².